The van der Waals surface area contributed by atoms with Crippen LogP contribution in [0.3, 0.4) is 0 Å². The van der Waals surface area contributed by atoms with Gasteiger partial charge in [-0.1, -0.05) is 12.1 Å². The zero-order chi connectivity index (χ0) is 14.9. The summed E-state index contributed by atoms with van der Waals surface area (Å²) in [6, 6.07) is 7.07. The van der Waals surface area contributed by atoms with E-state index in [2.05, 4.69) is 49.2 Å². The van der Waals surface area contributed by atoms with Gasteiger partial charge in [-0.3, -0.25) is 4.90 Å². The number of benzene rings is 1. The van der Waals surface area contributed by atoms with Crippen molar-refractivity contribution < 1.29 is 4.74 Å². The summed E-state index contributed by atoms with van der Waals surface area (Å²) in [5.41, 5.74) is 2.99. The number of rotatable bonds is 4. The molecule has 0 radical (unpaired) electrons. The van der Waals surface area contributed by atoms with E-state index in [1.165, 1.54) is 30.5 Å². The largest absolute Gasteiger partial charge is 0.491 e. The van der Waals surface area contributed by atoms with Gasteiger partial charge in [0.05, 0.1) is 5.54 Å². The number of nitrogens with zero attached hydrogens (tertiary/aromatic N) is 1. The van der Waals surface area contributed by atoms with Crippen LogP contribution in [0.4, 0.5) is 0 Å². The Morgan fingerprint density at radius 2 is 2.24 bits per heavy atom. The summed E-state index contributed by atoms with van der Waals surface area (Å²) in [5.74, 6) is 1.10. The summed E-state index contributed by atoms with van der Waals surface area (Å²) in [5, 5.41) is 3.43. The summed E-state index contributed by atoms with van der Waals surface area (Å²) < 4.78 is 6.30. The van der Waals surface area contributed by atoms with Gasteiger partial charge < -0.3 is 10.1 Å². The number of hydrogen-bond donors (Lipinski definition) is 1. The zero-order valence-electron chi connectivity index (χ0n) is 13.6. The molecule has 2 aliphatic rings. The monoisotopic (exact) mass is 288 g/mol. The molecule has 2 aliphatic heterocycles. The molecule has 1 aromatic carbocycles. The third-order valence-corrected chi connectivity index (χ3v) is 5.07. The van der Waals surface area contributed by atoms with Crippen LogP contribution in [0.2, 0.25) is 0 Å². The lowest BCUT2D eigenvalue weighted by Gasteiger charge is -2.38. The van der Waals surface area contributed by atoms with Gasteiger partial charge in [-0.25, -0.2) is 0 Å². The minimum absolute atomic E-state index is 0.184. The smallest absolute Gasteiger partial charge is 0.122 e. The molecule has 0 aliphatic carbocycles. The van der Waals surface area contributed by atoms with Crippen molar-refractivity contribution in [1.82, 2.24) is 10.2 Å². The summed E-state index contributed by atoms with van der Waals surface area (Å²) in [4.78, 5) is 2.60. The lowest BCUT2D eigenvalue weighted by Crippen LogP contribution is -2.49. The molecule has 0 bridgehead atoms. The summed E-state index contributed by atoms with van der Waals surface area (Å²) >= 11 is 0. The second-order valence-corrected chi connectivity index (χ2v) is 7.00. The first-order chi connectivity index (χ1) is 10.1. The van der Waals surface area contributed by atoms with Gasteiger partial charge in [0.2, 0.25) is 0 Å². The molecule has 1 unspecified atom stereocenters. The van der Waals surface area contributed by atoms with Gasteiger partial charge in [0.15, 0.2) is 0 Å². The van der Waals surface area contributed by atoms with Crippen molar-refractivity contribution in [3.05, 3.63) is 29.3 Å². The minimum atomic E-state index is 0.184. The van der Waals surface area contributed by atoms with E-state index in [9.17, 15) is 0 Å². The molecule has 1 aromatic rings. The molecule has 2 heterocycles. The van der Waals surface area contributed by atoms with Crippen LogP contribution in [0.5, 0.6) is 5.75 Å². The van der Waals surface area contributed by atoms with Crippen molar-refractivity contribution in [3.8, 4) is 5.75 Å². The van der Waals surface area contributed by atoms with Crippen LogP contribution in [-0.2, 0) is 13.0 Å². The summed E-state index contributed by atoms with van der Waals surface area (Å²) in [6.45, 7) is 11.0. The number of likely N-dealkylation sites (tertiary alicyclic amines) is 1. The molecule has 0 aromatic heterocycles. The standard InChI is InChI=1S/C18H28N2O/c1-14(2)20-11-5-9-18(20,3)13-21-17-7-4-6-15-12-19-10-8-16(15)17/h4,6-7,14,19H,5,8-13H2,1-3H3. The highest BCUT2D eigenvalue weighted by Gasteiger charge is 2.38. The van der Waals surface area contributed by atoms with Crippen LogP contribution < -0.4 is 10.1 Å². The fourth-order valence-electron chi connectivity index (χ4n) is 3.95. The molecule has 0 spiro atoms. The Kier molecular flexibility index (Phi) is 4.23. The summed E-state index contributed by atoms with van der Waals surface area (Å²) in [7, 11) is 0. The third-order valence-electron chi connectivity index (χ3n) is 5.07. The van der Waals surface area contributed by atoms with Crippen LogP contribution in [0, 0.1) is 0 Å². The molecule has 3 heteroatoms. The van der Waals surface area contributed by atoms with Gasteiger partial charge >= 0.3 is 0 Å². The molecule has 116 valence electrons. The highest BCUT2D eigenvalue weighted by Crippen LogP contribution is 2.33. The van der Waals surface area contributed by atoms with Gasteiger partial charge in [0.1, 0.15) is 12.4 Å². The average Bonchev–Trinajstić information content (AvgIpc) is 2.87. The summed E-state index contributed by atoms with van der Waals surface area (Å²) in [6.07, 6.45) is 3.60. The molecule has 0 saturated carbocycles. The Balaban J connectivity index is 1.73. The zero-order valence-corrected chi connectivity index (χ0v) is 13.6. The van der Waals surface area contributed by atoms with E-state index < -0.39 is 0 Å². The van der Waals surface area contributed by atoms with Gasteiger partial charge in [0, 0.05) is 12.6 Å². The fraction of sp³-hybridized carbons (Fsp3) is 0.667. The van der Waals surface area contributed by atoms with Crippen LogP contribution in [0.1, 0.15) is 44.7 Å². The lowest BCUT2D eigenvalue weighted by atomic mass is 9.98. The molecule has 1 saturated heterocycles. The van der Waals surface area contributed by atoms with E-state index in [1.807, 2.05) is 0 Å². The Morgan fingerprint density at radius 3 is 3.05 bits per heavy atom. The number of fused-ring (bicyclic) bond motifs is 1. The molecule has 1 fully saturated rings. The molecule has 1 atom stereocenters. The fourth-order valence-corrected chi connectivity index (χ4v) is 3.95. The minimum Gasteiger partial charge on any atom is -0.491 e. The lowest BCUT2D eigenvalue weighted by molar-refractivity contribution is 0.0659. The topological polar surface area (TPSA) is 24.5 Å². The maximum Gasteiger partial charge on any atom is 0.122 e. The Hall–Kier alpha value is -1.06. The van der Waals surface area contributed by atoms with Gasteiger partial charge in [-0.2, -0.15) is 0 Å². The third kappa shape index (κ3) is 2.95. The van der Waals surface area contributed by atoms with Gasteiger partial charge in [-0.15, -0.1) is 0 Å². The molecule has 21 heavy (non-hydrogen) atoms. The first-order valence-electron chi connectivity index (χ1n) is 8.31. The first kappa shape index (κ1) is 14.9. The van der Waals surface area contributed by atoms with Crippen molar-refractivity contribution >= 4 is 0 Å². The number of nitrogens with one attached hydrogen (secondary N) is 1. The predicted molar refractivity (Wildman–Crippen MR) is 86.8 cm³/mol. The van der Waals surface area contributed by atoms with Gasteiger partial charge in [0.25, 0.3) is 0 Å². The Morgan fingerprint density at radius 1 is 1.38 bits per heavy atom. The van der Waals surface area contributed by atoms with Gasteiger partial charge in [-0.05, 0) is 70.3 Å². The van der Waals surface area contributed by atoms with Crippen molar-refractivity contribution in [2.45, 2.75) is 58.2 Å². The van der Waals surface area contributed by atoms with Crippen LogP contribution in [0.25, 0.3) is 0 Å². The van der Waals surface area contributed by atoms with Crippen molar-refractivity contribution in [2.75, 3.05) is 19.7 Å². The van der Waals surface area contributed by atoms with Crippen molar-refractivity contribution in [2.24, 2.45) is 0 Å². The molecule has 1 N–H and O–H groups in total. The van der Waals surface area contributed by atoms with Crippen LogP contribution >= 0.6 is 0 Å². The molecular formula is C18H28N2O. The molecule has 3 rings (SSSR count). The highest BCUT2D eigenvalue weighted by atomic mass is 16.5. The quantitative estimate of drug-likeness (QED) is 0.922. The normalized spacial score (nSPS) is 26.1. The van der Waals surface area contributed by atoms with Crippen LogP contribution in [-0.4, -0.2) is 36.2 Å². The van der Waals surface area contributed by atoms with E-state index in [1.54, 1.807) is 0 Å². The number of ether oxygens (including phenoxy) is 1. The molecular weight excluding hydrogens is 260 g/mol. The second-order valence-electron chi connectivity index (χ2n) is 7.00. The maximum absolute atomic E-state index is 6.30. The second kappa shape index (κ2) is 5.98. The Labute approximate surface area is 128 Å². The molecule has 3 nitrogen and oxygen atoms in total. The maximum atomic E-state index is 6.30. The van der Waals surface area contributed by atoms with E-state index in [0.717, 1.165) is 31.9 Å². The SMILES string of the molecule is CC(C)N1CCCC1(C)COc1cccc2c1CCNC2. The average molecular weight is 288 g/mol. The Bertz CT molecular complexity index is 500. The van der Waals surface area contributed by atoms with E-state index in [-0.39, 0.29) is 5.54 Å². The van der Waals surface area contributed by atoms with E-state index in [0.29, 0.717) is 6.04 Å². The highest BCUT2D eigenvalue weighted by molar-refractivity contribution is 5.41. The van der Waals surface area contributed by atoms with E-state index in [4.69, 9.17) is 4.74 Å². The number of hydrogen-bond acceptors (Lipinski definition) is 3. The van der Waals surface area contributed by atoms with Crippen molar-refractivity contribution in [3.63, 3.8) is 0 Å². The first-order valence-corrected chi connectivity index (χ1v) is 8.31. The van der Waals surface area contributed by atoms with Crippen LogP contribution in [0.15, 0.2) is 18.2 Å². The van der Waals surface area contributed by atoms with E-state index >= 15 is 0 Å². The predicted octanol–water partition coefficient (Wildman–Crippen LogP) is 2.97. The molecule has 0 amide bonds. The van der Waals surface area contributed by atoms with Crippen molar-refractivity contribution in [1.29, 1.82) is 0 Å².